The minimum Gasteiger partial charge on any atom is -0.378 e. The number of nitrogens with zero attached hydrogens (tertiary/aromatic N) is 5. The van der Waals surface area contributed by atoms with Crippen LogP contribution < -0.4 is 15.5 Å². The molecule has 2 N–H and O–H groups in total. The lowest BCUT2D eigenvalue weighted by molar-refractivity contribution is -0.116. The summed E-state index contributed by atoms with van der Waals surface area (Å²) in [5.41, 5.74) is 7.29. The van der Waals surface area contributed by atoms with Crippen LogP contribution in [0.15, 0.2) is 79.1 Å². The van der Waals surface area contributed by atoms with E-state index >= 15 is 0 Å². The van der Waals surface area contributed by atoms with Gasteiger partial charge in [0.2, 0.25) is 0 Å². The average molecular weight is 574 g/mol. The van der Waals surface area contributed by atoms with Gasteiger partial charge in [-0.05, 0) is 67.9 Å². The van der Waals surface area contributed by atoms with Crippen molar-refractivity contribution in [3.8, 4) is 22.5 Å². The molecule has 216 valence electrons. The smallest absolute Gasteiger partial charge is 0.323 e. The highest BCUT2D eigenvalue weighted by Gasteiger charge is 2.20. The van der Waals surface area contributed by atoms with Crippen molar-refractivity contribution in [3.63, 3.8) is 0 Å². The molecular weight excluding hydrogens is 542 g/mol. The number of Topliss-reactive ketones (excluding diaryl/α,β-unsaturated/α-hetero) is 1. The van der Waals surface area contributed by atoms with Crippen LogP contribution in [-0.2, 0) is 16.0 Å². The van der Waals surface area contributed by atoms with Crippen LogP contribution >= 0.6 is 0 Å². The van der Waals surface area contributed by atoms with Crippen LogP contribution in [0.3, 0.4) is 0 Å². The molecule has 0 aliphatic carbocycles. The minimum atomic E-state index is -0.368. The third kappa shape index (κ3) is 6.65. The van der Waals surface area contributed by atoms with Crippen molar-refractivity contribution in [1.82, 2.24) is 19.9 Å². The van der Waals surface area contributed by atoms with E-state index < -0.39 is 0 Å². The van der Waals surface area contributed by atoms with Crippen LogP contribution in [0.4, 0.5) is 22.0 Å². The normalized spacial score (nSPS) is 13.1. The number of ketones is 1. The lowest BCUT2D eigenvalue weighted by Gasteiger charge is -2.28. The molecule has 2 aromatic carbocycles. The second kappa shape index (κ2) is 12.3. The van der Waals surface area contributed by atoms with Crippen molar-refractivity contribution in [2.45, 2.75) is 20.3 Å². The topological polar surface area (TPSA) is 122 Å². The van der Waals surface area contributed by atoms with Gasteiger partial charge in [-0.15, -0.1) is 0 Å². The maximum absolute atomic E-state index is 12.6. The molecule has 1 fully saturated rings. The Bertz CT molecular complexity index is 1770. The Morgan fingerprint density at radius 1 is 0.814 bits per heavy atom. The Kier molecular flexibility index (Phi) is 8.01. The van der Waals surface area contributed by atoms with Gasteiger partial charge in [0.15, 0.2) is 11.6 Å². The number of pyridine rings is 2. The van der Waals surface area contributed by atoms with Crippen LogP contribution in [0, 0.1) is 6.92 Å². The van der Waals surface area contributed by atoms with Gasteiger partial charge in [-0.2, -0.15) is 0 Å². The molecule has 0 saturated carbocycles. The van der Waals surface area contributed by atoms with Crippen molar-refractivity contribution >= 4 is 40.0 Å². The summed E-state index contributed by atoms with van der Waals surface area (Å²) < 4.78 is 5.57. The third-order valence-electron chi connectivity index (χ3n) is 7.14. The number of hydrogen-bond donors (Lipinski definition) is 2. The zero-order chi connectivity index (χ0) is 29.8. The Labute approximate surface area is 249 Å². The number of aryl methyl sites for hydroxylation is 1. The molecule has 0 spiro atoms. The maximum Gasteiger partial charge on any atom is 0.323 e. The first-order valence-corrected chi connectivity index (χ1v) is 14.1. The number of rotatable bonds is 7. The quantitative estimate of drug-likeness (QED) is 0.255. The summed E-state index contributed by atoms with van der Waals surface area (Å²) in [7, 11) is 0. The number of morpholine rings is 1. The van der Waals surface area contributed by atoms with E-state index in [0.29, 0.717) is 49.9 Å². The first-order valence-electron chi connectivity index (χ1n) is 14.1. The fraction of sp³-hybridized carbons (Fsp3) is 0.212. The summed E-state index contributed by atoms with van der Waals surface area (Å²) in [6, 6.07) is 20.3. The third-order valence-corrected chi connectivity index (χ3v) is 7.14. The monoisotopic (exact) mass is 573 g/mol. The van der Waals surface area contributed by atoms with Crippen molar-refractivity contribution in [1.29, 1.82) is 0 Å². The molecule has 5 aromatic rings. The lowest BCUT2D eigenvalue weighted by atomic mass is 10.1. The van der Waals surface area contributed by atoms with Gasteiger partial charge in [-0.1, -0.05) is 18.2 Å². The molecule has 6 rings (SSSR count). The van der Waals surface area contributed by atoms with Gasteiger partial charge >= 0.3 is 6.03 Å². The van der Waals surface area contributed by atoms with E-state index in [1.807, 2.05) is 73.9 Å². The number of ether oxygens (including phenoxy) is 1. The van der Waals surface area contributed by atoms with Gasteiger partial charge in [0.25, 0.3) is 0 Å². The molecule has 2 amide bonds. The van der Waals surface area contributed by atoms with Gasteiger partial charge < -0.3 is 20.3 Å². The molecule has 0 bridgehead atoms. The number of carbonyl (C=O) groups excluding carboxylic acids is 2. The van der Waals surface area contributed by atoms with Crippen LogP contribution in [-0.4, -0.2) is 58.1 Å². The first kappa shape index (κ1) is 27.9. The number of aromatic nitrogens is 4. The van der Waals surface area contributed by atoms with Crippen LogP contribution in [0.2, 0.25) is 0 Å². The molecule has 3 aromatic heterocycles. The number of carbonyl (C=O) groups is 2. The number of anilines is 3. The number of benzene rings is 2. The van der Waals surface area contributed by atoms with Crippen LogP contribution in [0.5, 0.6) is 0 Å². The number of fused-ring (bicyclic) bond motifs is 1. The van der Waals surface area contributed by atoms with Crippen LogP contribution in [0.25, 0.3) is 33.5 Å². The summed E-state index contributed by atoms with van der Waals surface area (Å²) in [6.45, 7) is 6.19. The van der Waals surface area contributed by atoms with Crippen molar-refractivity contribution in [3.05, 3.63) is 90.4 Å². The molecular formula is C33H31N7O3. The minimum absolute atomic E-state index is 0.0922. The average Bonchev–Trinajstić information content (AvgIpc) is 3.02. The maximum atomic E-state index is 12.6. The summed E-state index contributed by atoms with van der Waals surface area (Å²) in [4.78, 5) is 45.2. The van der Waals surface area contributed by atoms with Gasteiger partial charge in [0, 0.05) is 65.7 Å². The number of amides is 2. The fourth-order valence-corrected chi connectivity index (χ4v) is 4.91. The molecule has 0 unspecified atom stereocenters. The van der Waals surface area contributed by atoms with Crippen molar-refractivity contribution in [2.75, 3.05) is 41.8 Å². The van der Waals surface area contributed by atoms with Crippen molar-refractivity contribution in [2.24, 2.45) is 0 Å². The number of urea groups is 1. The predicted molar refractivity (Wildman–Crippen MR) is 167 cm³/mol. The van der Waals surface area contributed by atoms with E-state index in [-0.39, 0.29) is 11.8 Å². The fourth-order valence-electron chi connectivity index (χ4n) is 4.91. The summed E-state index contributed by atoms with van der Waals surface area (Å²) in [5.74, 6) is 1.43. The molecule has 10 nitrogen and oxygen atoms in total. The molecule has 0 atom stereocenters. The highest BCUT2D eigenvalue weighted by Crippen LogP contribution is 2.30. The number of nitrogens with one attached hydrogen (secondary N) is 2. The summed E-state index contributed by atoms with van der Waals surface area (Å²) in [5, 5.41) is 5.67. The highest BCUT2D eigenvalue weighted by atomic mass is 16.5. The number of hydrogen-bond acceptors (Lipinski definition) is 8. The molecule has 1 aliphatic rings. The van der Waals surface area contributed by atoms with E-state index in [9.17, 15) is 9.59 Å². The second-order valence-electron chi connectivity index (χ2n) is 10.5. The molecule has 0 radical (unpaired) electrons. The second-order valence-corrected chi connectivity index (χ2v) is 10.5. The molecule has 10 heteroatoms. The SMILES string of the molecule is CC(=O)Cc1ccc(NC(=O)Nc2ccc(-c3nc(N4CCOCC4)c4ncc(-c5ccc(C)nc5)cc4n3)cc2)cc1. The summed E-state index contributed by atoms with van der Waals surface area (Å²) >= 11 is 0. The largest absolute Gasteiger partial charge is 0.378 e. The van der Waals surface area contributed by atoms with Crippen LogP contribution in [0.1, 0.15) is 18.2 Å². The van der Waals surface area contributed by atoms with E-state index in [0.717, 1.165) is 44.8 Å². The Balaban J connectivity index is 1.24. The Morgan fingerprint density at radius 3 is 2.12 bits per heavy atom. The first-order chi connectivity index (χ1) is 20.9. The van der Waals surface area contributed by atoms with E-state index in [4.69, 9.17) is 19.7 Å². The summed E-state index contributed by atoms with van der Waals surface area (Å²) in [6.07, 6.45) is 4.05. The Hall–Kier alpha value is -5.22. The van der Waals surface area contributed by atoms with Gasteiger partial charge in [0.05, 0.1) is 18.7 Å². The van der Waals surface area contributed by atoms with E-state index in [2.05, 4.69) is 20.5 Å². The van der Waals surface area contributed by atoms with Gasteiger partial charge in [-0.3, -0.25) is 14.8 Å². The zero-order valence-electron chi connectivity index (χ0n) is 24.0. The van der Waals surface area contributed by atoms with E-state index in [1.165, 1.54) is 0 Å². The standard InChI is InChI=1S/C33H31N7O3/c1-21-3-6-25(19-34-21)26-18-29-30(35-20-26)32(40-13-15-43-16-14-40)39-31(38-29)24-7-11-28(12-8-24)37-33(42)36-27-9-4-23(5-10-27)17-22(2)41/h3-12,18-20H,13-17H2,1-2H3,(H2,36,37,42). The Morgan fingerprint density at radius 2 is 1.47 bits per heavy atom. The zero-order valence-corrected chi connectivity index (χ0v) is 24.0. The predicted octanol–water partition coefficient (Wildman–Crippen LogP) is 5.67. The van der Waals surface area contributed by atoms with E-state index in [1.54, 1.807) is 19.1 Å². The van der Waals surface area contributed by atoms with Gasteiger partial charge in [-0.25, -0.2) is 14.8 Å². The van der Waals surface area contributed by atoms with Gasteiger partial charge in [0.1, 0.15) is 11.3 Å². The molecule has 1 aliphatic heterocycles. The molecule has 43 heavy (non-hydrogen) atoms. The lowest BCUT2D eigenvalue weighted by Crippen LogP contribution is -2.37. The van der Waals surface area contributed by atoms with Crippen molar-refractivity contribution < 1.29 is 14.3 Å². The molecule has 1 saturated heterocycles. The molecule has 4 heterocycles. The highest BCUT2D eigenvalue weighted by molar-refractivity contribution is 6.00.